The van der Waals surface area contributed by atoms with Crippen molar-refractivity contribution < 1.29 is 9.90 Å². The highest BCUT2D eigenvalue weighted by molar-refractivity contribution is 5.83. The van der Waals surface area contributed by atoms with Crippen LogP contribution in [-0.4, -0.2) is 40.2 Å². The summed E-state index contributed by atoms with van der Waals surface area (Å²) in [6, 6.07) is 9.11. The van der Waals surface area contributed by atoms with Crippen molar-refractivity contribution >= 4 is 16.8 Å². The van der Waals surface area contributed by atoms with Gasteiger partial charge < -0.3 is 20.7 Å². The highest BCUT2D eigenvalue weighted by Gasteiger charge is 2.61. The summed E-state index contributed by atoms with van der Waals surface area (Å²) in [5, 5.41) is 19.2. The fourth-order valence-electron chi connectivity index (χ4n) is 6.97. The molecule has 2 aliphatic rings. The highest BCUT2D eigenvalue weighted by Crippen LogP contribution is 2.63. The summed E-state index contributed by atoms with van der Waals surface area (Å²) in [5.74, 6) is 0.567. The van der Waals surface area contributed by atoms with Gasteiger partial charge >= 0.3 is 0 Å². The number of carbonyl (C=O) groups excluding carboxylic acids is 1. The van der Waals surface area contributed by atoms with E-state index in [2.05, 4.69) is 67.7 Å². The molecule has 0 radical (unpaired) electrons. The molecule has 1 amide bonds. The minimum Gasteiger partial charge on any atom is -0.390 e. The summed E-state index contributed by atoms with van der Waals surface area (Å²) in [6.07, 6.45) is 8.07. The average molecular weight is 454 g/mol. The van der Waals surface area contributed by atoms with Gasteiger partial charge in [0.1, 0.15) is 0 Å². The molecule has 0 bridgehead atoms. The summed E-state index contributed by atoms with van der Waals surface area (Å²) in [6.45, 7) is 11.8. The lowest BCUT2D eigenvalue weighted by Gasteiger charge is -2.51. The minimum absolute atomic E-state index is 0.0736. The molecule has 0 saturated heterocycles. The van der Waals surface area contributed by atoms with Gasteiger partial charge in [0.25, 0.3) is 0 Å². The molecule has 2 saturated carbocycles. The fourth-order valence-corrected chi connectivity index (χ4v) is 6.97. The molecule has 4 atom stereocenters. The van der Waals surface area contributed by atoms with Gasteiger partial charge in [-0.15, -0.1) is 0 Å². The number of aromatic amines is 1. The Morgan fingerprint density at radius 2 is 1.94 bits per heavy atom. The molecule has 1 aromatic carbocycles. The number of rotatable bonds is 8. The quantitative estimate of drug-likeness (QED) is 0.457. The van der Waals surface area contributed by atoms with Gasteiger partial charge in [-0.25, -0.2) is 0 Å². The third-order valence-electron chi connectivity index (χ3n) is 8.58. The zero-order valence-electron chi connectivity index (χ0n) is 21.1. The zero-order chi connectivity index (χ0) is 23.9. The molecule has 5 heteroatoms. The predicted octanol–water partition coefficient (Wildman–Crippen LogP) is 4.94. The number of aliphatic hydroxyl groups is 1. The van der Waals surface area contributed by atoms with Gasteiger partial charge in [0.15, 0.2) is 0 Å². The van der Waals surface area contributed by atoms with Gasteiger partial charge in [-0.1, -0.05) is 45.9 Å². The lowest BCUT2D eigenvalue weighted by atomic mass is 9.57. The van der Waals surface area contributed by atoms with Crippen LogP contribution in [-0.2, 0) is 11.2 Å². The normalized spacial score (nSPS) is 31.1. The molecule has 4 N–H and O–H groups in total. The molecular weight excluding hydrogens is 410 g/mol. The second kappa shape index (κ2) is 9.07. The average Bonchev–Trinajstić information content (AvgIpc) is 3.23. The van der Waals surface area contributed by atoms with Gasteiger partial charge in [0.05, 0.1) is 5.60 Å². The summed E-state index contributed by atoms with van der Waals surface area (Å²) >= 11 is 0. The Morgan fingerprint density at radius 1 is 1.18 bits per heavy atom. The third kappa shape index (κ3) is 5.00. The molecule has 33 heavy (non-hydrogen) atoms. The number of aromatic nitrogens is 1. The van der Waals surface area contributed by atoms with E-state index in [0.29, 0.717) is 31.0 Å². The number of amides is 1. The van der Waals surface area contributed by atoms with Crippen LogP contribution in [0.25, 0.3) is 10.9 Å². The van der Waals surface area contributed by atoms with Gasteiger partial charge in [-0.05, 0) is 73.8 Å². The highest BCUT2D eigenvalue weighted by atomic mass is 16.3. The maximum absolute atomic E-state index is 12.9. The number of H-pyrrole nitrogens is 1. The van der Waals surface area contributed by atoms with E-state index in [-0.39, 0.29) is 16.7 Å². The topological polar surface area (TPSA) is 77.2 Å². The molecule has 0 spiro atoms. The van der Waals surface area contributed by atoms with Gasteiger partial charge in [0, 0.05) is 42.1 Å². The summed E-state index contributed by atoms with van der Waals surface area (Å²) in [5.41, 5.74) is 2.02. The van der Waals surface area contributed by atoms with Crippen molar-refractivity contribution in [2.24, 2.45) is 16.7 Å². The van der Waals surface area contributed by atoms with Crippen LogP contribution in [0.3, 0.4) is 0 Å². The monoisotopic (exact) mass is 453 g/mol. The molecular formula is C28H43N3O2. The second-order valence-corrected chi connectivity index (χ2v) is 12.0. The van der Waals surface area contributed by atoms with E-state index in [9.17, 15) is 9.90 Å². The number of benzene rings is 1. The zero-order valence-corrected chi connectivity index (χ0v) is 21.1. The molecule has 182 valence electrons. The standard InChI is InChI=1S/C28H43N3O2/c1-19(2)31-24-17-26(3,4)23-16-27(5,33)13-14-28(23,24)12-10-25(32)29-15-11-20-18-30-22-9-7-6-8-21(20)22/h6-9,18-19,23-24,30-31,33H,10-17H2,1-5H3,(H,29,32)/t23-,24-,27-,28-/m0/s1. The number of hydrogen-bond acceptors (Lipinski definition) is 3. The van der Waals surface area contributed by atoms with Crippen LogP contribution in [0.2, 0.25) is 0 Å². The van der Waals surface area contributed by atoms with Crippen LogP contribution in [0.4, 0.5) is 0 Å². The van der Waals surface area contributed by atoms with Crippen LogP contribution in [0.15, 0.2) is 30.5 Å². The molecule has 2 fully saturated rings. The summed E-state index contributed by atoms with van der Waals surface area (Å²) in [7, 11) is 0. The summed E-state index contributed by atoms with van der Waals surface area (Å²) in [4.78, 5) is 16.2. The van der Waals surface area contributed by atoms with E-state index < -0.39 is 5.60 Å². The Labute approximate surface area is 199 Å². The Balaban J connectivity index is 1.40. The summed E-state index contributed by atoms with van der Waals surface area (Å²) < 4.78 is 0. The van der Waals surface area contributed by atoms with Crippen molar-refractivity contribution in [2.45, 2.75) is 97.2 Å². The number of fused-ring (bicyclic) bond motifs is 2. The van der Waals surface area contributed by atoms with Crippen LogP contribution in [0.5, 0.6) is 0 Å². The first kappa shape index (κ1) is 24.3. The first-order valence-corrected chi connectivity index (χ1v) is 12.8. The van der Waals surface area contributed by atoms with E-state index in [1.54, 1.807) is 0 Å². The van der Waals surface area contributed by atoms with Gasteiger partial charge in [0.2, 0.25) is 5.91 Å². The molecule has 4 rings (SSSR count). The first-order valence-electron chi connectivity index (χ1n) is 12.8. The van der Waals surface area contributed by atoms with E-state index in [1.807, 2.05) is 13.0 Å². The molecule has 2 aliphatic carbocycles. The lowest BCUT2D eigenvalue weighted by Crippen LogP contribution is -2.52. The molecule has 1 aromatic heterocycles. The molecule has 1 heterocycles. The third-order valence-corrected chi connectivity index (χ3v) is 8.58. The number of para-hydroxylation sites is 1. The van der Waals surface area contributed by atoms with Crippen molar-refractivity contribution in [1.29, 1.82) is 0 Å². The van der Waals surface area contributed by atoms with Crippen molar-refractivity contribution in [1.82, 2.24) is 15.6 Å². The SMILES string of the molecule is CC(C)N[C@H]1CC(C)(C)[C@@H]2C[C@@](C)(O)CC[C@]12CCC(=O)NCCc1c[nH]c2ccccc12. The molecule has 0 unspecified atom stereocenters. The fraction of sp³-hybridized carbons (Fsp3) is 0.679. The largest absolute Gasteiger partial charge is 0.390 e. The van der Waals surface area contributed by atoms with E-state index >= 15 is 0 Å². The minimum atomic E-state index is -0.597. The first-order chi connectivity index (χ1) is 15.5. The molecule has 0 aliphatic heterocycles. The van der Waals surface area contributed by atoms with Crippen LogP contribution < -0.4 is 10.6 Å². The van der Waals surface area contributed by atoms with E-state index in [4.69, 9.17) is 0 Å². The number of carbonyl (C=O) groups is 1. The van der Waals surface area contributed by atoms with Crippen molar-refractivity contribution in [3.8, 4) is 0 Å². The number of nitrogens with one attached hydrogen (secondary N) is 3. The van der Waals surface area contributed by atoms with Crippen LogP contribution in [0.1, 0.15) is 78.7 Å². The Bertz CT molecular complexity index is 976. The second-order valence-electron chi connectivity index (χ2n) is 12.0. The Morgan fingerprint density at radius 3 is 2.70 bits per heavy atom. The maximum atomic E-state index is 12.9. The predicted molar refractivity (Wildman–Crippen MR) is 135 cm³/mol. The van der Waals surface area contributed by atoms with Crippen molar-refractivity contribution in [2.75, 3.05) is 6.54 Å². The Kier molecular flexibility index (Phi) is 6.67. The molecule has 2 aromatic rings. The maximum Gasteiger partial charge on any atom is 0.220 e. The van der Waals surface area contributed by atoms with Gasteiger partial charge in [-0.2, -0.15) is 0 Å². The lowest BCUT2D eigenvalue weighted by molar-refractivity contribution is -0.123. The van der Waals surface area contributed by atoms with E-state index in [0.717, 1.165) is 44.0 Å². The smallest absolute Gasteiger partial charge is 0.220 e. The van der Waals surface area contributed by atoms with Gasteiger partial charge in [-0.3, -0.25) is 4.79 Å². The number of hydrogen-bond donors (Lipinski definition) is 4. The van der Waals surface area contributed by atoms with Crippen LogP contribution in [0, 0.1) is 16.7 Å². The van der Waals surface area contributed by atoms with Crippen LogP contribution >= 0.6 is 0 Å². The molecule has 5 nitrogen and oxygen atoms in total. The van der Waals surface area contributed by atoms with Crippen molar-refractivity contribution in [3.05, 3.63) is 36.0 Å². The Hall–Kier alpha value is -1.85. The van der Waals surface area contributed by atoms with Crippen molar-refractivity contribution in [3.63, 3.8) is 0 Å². The van der Waals surface area contributed by atoms with E-state index in [1.165, 1.54) is 10.9 Å².